The zero-order chi connectivity index (χ0) is 15.5. The molecule has 0 bridgehead atoms. The van der Waals surface area contributed by atoms with Gasteiger partial charge in [-0.15, -0.1) is 12.4 Å². The number of ketones is 1. The molecule has 0 aromatic heterocycles. The van der Waals surface area contributed by atoms with Crippen LogP contribution in [-0.2, 0) is 10.0 Å². The third-order valence-corrected chi connectivity index (χ3v) is 5.41. The van der Waals surface area contributed by atoms with Gasteiger partial charge in [0, 0.05) is 17.6 Å². The number of hydrogen-bond acceptors (Lipinski definition) is 4. The first-order chi connectivity index (χ1) is 9.82. The second-order valence-corrected chi connectivity index (χ2v) is 7.60. The van der Waals surface area contributed by atoms with Crippen LogP contribution in [0.2, 0.25) is 0 Å². The minimum absolute atomic E-state index is 0. The Morgan fingerprint density at radius 1 is 1.27 bits per heavy atom. The third-order valence-electron chi connectivity index (χ3n) is 4.01. The summed E-state index contributed by atoms with van der Waals surface area (Å²) in [6.07, 6.45) is 4.91. The van der Waals surface area contributed by atoms with Crippen LogP contribution in [0.25, 0.3) is 0 Å². The maximum atomic E-state index is 12.3. The van der Waals surface area contributed by atoms with E-state index < -0.39 is 15.6 Å². The molecule has 2 rings (SSSR count). The molecule has 3 N–H and O–H groups in total. The van der Waals surface area contributed by atoms with Crippen LogP contribution in [0.1, 0.15) is 49.4 Å². The van der Waals surface area contributed by atoms with E-state index in [1.807, 2.05) is 0 Å². The van der Waals surface area contributed by atoms with Gasteiger partial charge < -0.3 is 5.73 Å². The summed E-state index contributed by atoms with van der Waals surface area (Å²) in [7, 11) is -3.64. The van der Waals surface area contributed by atoms with Crippen LogP contribution in [0.3, 0.4) is 0 Å². The average Bonchev–Trinajstić information content (AvgIpc) is 2.46. The molecule has 1 aromatic carbocycles. The van der Waals surface area contributed by atoms with Gasteiger partial charge in [-0.25, -0.2) is 13.1 Å². The Hall–Kier alpha value is -0.950. The molecular formula is C15H23ClN2O3S. The zero-order valence-corrected chi connectivity index (χ0v) is 14.3. The van der Waals surface area contributed by atoms with Gasteiger partial charge in [0.2, 0.25) is 10.0 Å². The second-order valence-electron chi connectivity index (χ2n) is 5.83. The van der Waals surface area contributed by atoms with Crippen molar-refractivity contribution in [2.75, 3.05) is 6.54 Å². The maximum absolute atomic E-state index is 12.3. The van der Waals surface area contributed by atoms with E-state index in [4.69, 9.17) is 5.73 Å². The lowest BCUT2D eigenvalue weighted by molar-refractivity contribution is 0.101. The molecule has 1 saturated carbocycles. The molecule has 1 aromatic rings. The van der Waals surface area contributed by atoms with Crippen LogP contribution in [0.4, 0.5) is 0 Å². The summed E-state index contributed by atoms with van der Waals surface area (Å²) in [5, 5.41) is 0. The van der Waals surface area contributed by atoms with Crippen molar-refractivity contribution in [3.8, 4) is 0 Å². The van der Waals surface area contributed by atoms with Crippen LogP contribution in [0.5, 0.6) is 0 Å². The first-order valence-electron chi connectivity index (χ1n) is 7.22. The van der Waals surface area contributed by atoms with Crippen molar-refractivity contribution in [2.45, 2.75) is 49.5 Å². The lowest BCUT2D eigenvalue weighted by Crippen LogP contribution is -2.51. The molecule has 1 aliphatic rings. The summed E-state index contributed by atoms with van der Waals surface area (Å²) >= 11 is 0. The molecule has 0 radical (unpaired) electrons. The Morgan fingerprint density at radius 2 is 1.91 bits per heavy atom. The van der Waals surface area contributed by atoms with Crippen molar-refractivity contribution in [3.05, 3.63) is 29.8 Å². The number of rotatable bonds is 5. The van der Waals surface area contributed by atoms with Crippen molar-refractivity contribution in [1.82, 2.24) is 4.72 Å². The normalized spacial score (nSPS) is 17.5. The molecule has 0 amide bonds. The quantitative estimate of drug-likeness (QED) is 0.800. The highest BCUT2D eigenvalue weighted by atomic mass is 35.5. The zero-order valence-electron chi connectivity index (χ0n) is 12.7. The molecule has 22 heavy (non-hydrogen) atoms. The predicted octanol–water partition coefficient (Wildman–Crippen LogP) is 2.25. The van der Waals surface area contributed by atoms with Gasteiger partial charge in [-0.3, -0.25) is 4.79 Å². The summed E-state index contributed by atoms with van der Waals surface area (Å²) in [4.78, 5) is 11.5. The van der Waals surface area contributed by atoms with E-state index in [1.165, 1.54) is 19.1 Å². The number of nitrogens with two attached hydrogens (primary N) is 1. The molecule has 0 unspecified atom stereocenters. The largest absolute Gasteiger partial charge is 0.324 e. The summed E-state index contributed by atoms with van der Waals surface area (Å²) < 4.78 is 27.2. The van der Waals surface area contributed by atoms with E-state index in [1.54, 1.807) is 12.1 Å². The molecule has 0 heterocycles. The number of benzene rings is 1. The summed E-state index contributed by atoms with van der Waals surface area (Å²) in [5.74, 6) is -0.158. The maximum Gasteiger partial charge on any atom is 0.240 e. The Balaban J connectivity index is 0.00000242. The van der Waals surface area contributed by atoms with E-state index in [0.29, 0.717) is 5.56 Å². The highest BCUT2D eigenvalue weighted by Gasteiger charge is 2.29. The van der Waals surface area contributed by atoms with Crippen molar-refractivity contribution < 1.29 is 13.2 Å². The highest BCUT2D eigenvalue weighted by molar-refractivity contribution is 7.89. The van der Waals surface area contributed by atoms with Gasteiger partial charge in [0.25, 0.3) is 0 Å². The minimum atomic E-state index is -3.64. The van der Waals surface area contributed by atoms with Crippen molar-refractivity contribution in [2.24, 2.45) is 5.73 Å². The Labute approximate surface area is 138 Å². The molecule has 0 spiro atoms. The molecule has 0 atom stereocenters. The minimum Gasteiger partial charge on any atom is -0.324 e. The smallest absolute Gasteiger partial charge is 0.240 e. The number of sulfonamides is 1. The summed E-state index contributed by atoms with van der Waals surface area (Å²) in [6.45, 7) is 1.65. The number of carbonyl (C=O) groups excluding carboxylic acids is 1. The van der Waals surface area contributed by atoms with E-state index >= 15 is 0 Å². The standard InChI is InChI=1S/C15H22N2O3S.ClH/c1-12(18)13-6-5-7-14(10-13)21(19,20)17-11-15(16)8-3-2-4-9-15;/h5-7,10,17H,2-4,8-9,11,16H2,1H3;1H. The van der Waals surface area contributed by atoms with Gasteiger partial charge >= 0.3 is 0 Å². The Kier molecular flexibility index (Phi) is 6.55. The number of nitrogens with one attached hydrogen (secondary N) is 1. The first kappa shape index (κ1) is 19.1. The van der Waals surface area contributed by atoms with E-state index in [0.717, 1.165) is 32.1 Å². The lowest BCUT2D eigenvalue weighted by Gasteiger charge is -2.33. The van der Waals surface area contributed by atoms with Crippen LogP contribution < -0.4 is 10.5 Å². The van der Waals surface area contributed by atoms with E-state index in [-0.39, 0.29) is 29.6 Å². The predicted molar refractivity (Wildman–Crippen MR) is 88.9 cm³/mol. The van der Waals surface area contributed by atoms with Gasteiger partial charge in [0.05, 0.1) is 4.90 Å². The lowest BCUT2D eigenvalue weighted by atomic mass is 9.83. The highest BCUT2D eigenvalue weighted by Crippen LogP contribution is 2.25. The molecular weight excluding hydrogens is 324 g/mol. The Morgan fingerprint density at radius 3 is 2.50 bits per heavy atom. The van der Waals surface area contributed by atoms with Crippen LogP contribution in [0.15, 0.2) is 29.2 Å². The fraction of sp³-hybridized carbons (Fsp3) is 0.533. The van der Waals surface area contributed by atoms with Crippen LogP contribution in [-0.4, -0.2) is 26.3 Å². The van der Waals surface area contributed by atoms with E-state index in [2.05, 4.69) is 4.72 Å². The average molecular weight is 347 g/mol. The van der Waals surface area contributed by atoms with Gasteiger partial charge in [-0.2, -0.15) is 0 Å². The molecule has 0 saturated heterocycles. The molecule has 5 nitrogen and oxygen atoms in total. The van der Waals surface area contributed by atoms with Gasteiger partial charge in [-0.1, -0.05) is 31.4 Å². The van der Waals surface area contributed by atoms with Crippen molar-refractivity contribution in [1.29, 1.82) is 0 Å². The second kappa shape index (κ2) is 7.55. The SMILES string of the molecule is CC(=O)c1cccc(S(=O)(=O)NCC2(N)CCCCC2)c1.Cl. The van der Waals surface area contributed by atoms with Gasteiger partial charge in [0.15, 0.2) is 5.78 Å². The third kappa shape index (κ3) is 4.78. The summed E-state index contributed by atoms with van der Waals surface area (Å²) in [6, 6.07) is 6.06. The van der Waals surface area contributed by atoms with Gasteiger partial charge in [-0.05, 0) is 31.9 Å². The molecule has 1 aliphatic carbocycles. The van der Waals surface area contributed by atoms with Crippen LogP contribution >= 0.6 is 12.4 Å². The molecule has 0 aliphatic heterocycles. The van der Waals surface area contributed by atoms with Crippen molar-refractivity contribution in [3.63, 3.8) is 0 Å². The van der Waals surface area contributed by atoms with Crippen molar-refractivity contribution >= 4 is 28.2 Å². The number of carbonyl (C=O) groups is 1. The number of halogens is 1. The van der Waals surface area contributed by atoms with E-state index in [9.17, 15) is 13.2 Å². The van der Waals surface area contributed by atoms with Gasteiger partial charge in [0.1, 0.15) is 0 Å². The fourth-order valence-electron chi connectivity index (χ4n) is 2.64. The molecule has 7 heteroatoms. The summed E-state index contributed by atoms with van der Waals surface area (Å²) in [5.41, 5.74) is 6.17. The first-order valence-corrected chi connectivity index (χ1v) is 8.70. The fourth-order valence-corrected chi connectivity index (χ4v) is 3.82. The topological polar surface area (TPSA) is 89.3 Å². The molecule has 124 valence electrons. The monoisotopic (exact) mass is 346 g/mol. The van der Waals surface area contributed by atoms with Crippen LogP contribution in [0, 0.1) is 0 Å². The molecule has 1 fully saturated rings. The Bertz CT molecular complexity index is 625. The number of hydrogen-bond donors (Lipinski definition) is 2. The number of Topliss-reactive ketones (excluding diaryl/α,β-unsaturated/α-hetero) is 1.